The van der Waals surface area contributed by atoms with Gasteiger partial charge in [0.1, 0.15) is 11.6 Å². The Morgan fingerprint density at radius 1 is 0.967 bits per heavy atom. The van der Waals surface area contributed by atoms with E-state index in [9.17, 15) is 4.79 Å². The van der Waals surface area contributed by atoms with Crippen molar-refractivity contribution >= 4 is 5.91 Å². The molecule has 6 nitrogen and oxygen atoms in total. The Hall–Kier alpha value is -3.12. The topological polar surface area (TPSA) is 50.6 Å². The lowest BCUT2D eigenvalue weighted by molar-refractivity contribution is -0.135. The van der Waals surface area contributed by atoms with Gasteiger partial charge in [-0.3, -0.25) is 9.69 Å². The number of carbonyl (C=O) groups is 1. The van der Waals surface area contributed by atoms with Gasteiger partial charge in [-0.2, -0.15) is 0 Å². The number of nitrogens with zero attached hydrogens (tertiary/aromatic N) is 4. The number of imidazole rings is 1. The first-order chi connectivity index (χ1) is 14.7. The fraction of sp³-hybridized carbons (Fsp3) is 0.333. The molecule has 6 heteroatoms. The van der Waals surface area contributed by atoms with Gasteiger partial charge in [-0.25, -0.2) is 4.98 Å². The van der Waals surface area contributed by atoms with Crippen LogP contribution in [0.2, 0.25) is 0 Å². The van der Waals surface area contributed by atoms with Crippen LogP contribution in [0.25, 0.3) is 11.4 Å². The molecule has 0 N–H and O–H groups in total. The number of benzene rings is 2. The molecule has 1 aliphatic heterocycles. The van der Waals surface area contributed by atoms with Crippen LogP contribution in [0.15, 0.2) is 67.0 Å². The summed E-state index contributed by atoms with van der Waals surface area (Å²) in [6.07, 6.45) is 3.89. The number of hydrogen-bond donors (Lipinski definition) is 0. The number of amides is 1. The zero-order valence-electron chi connectivity index (χ0n) is 17.4. The molecule has 0 saturated carbocycles. The summed E-state index contributed by atoms with van der Waals surface area (Å²) in [4.78, 5) is 21.3. The van der Waals surface area contributed by atoms with Crippen molar-refractivity contribution in [1.82, 2.24) is 19.4 Å². The van der Waals surface area contributed by atoms with E-state index >= 15 is 0 Å². The van der Waals surface area contributed by atoms with Gasteiger partial charge in [0.2, 0.25) is 0 Å². The van der Waals surface area contributed by atoms with Gasteiger partial charge in [0, 0.05) is 57.2 Å². The fourth-order valence-corrected chi connectivity index (χ4v) is 3.68. The molecule has 1 aromatic heterocycles. The number of rotatable bonds is 7. The van der Waals surface area contributed by atoms with Gasteiger partial charge in [0.15, 0.2) is 6.61 Å². The molecule has 1 aliphatic rings. The third kappa shape index (κ3) is 5.07. The van der Waals surface area contributed by atoms with Crippen molar-refractivity contribution in [3.8, 4) is 17.1 Å². The first kappa shape index (κ1) is 20.2. The van der Waals surface area contributed by atoms with E-state index in [0.29, 0.717) is 0 Å². The minimum atomic E-state index is 0.0520. The Morgan fingerprint density at radius 3 is 2.43 bits per heavy atom. The average Bonchev–Trinajstić information content (AvgIpc) is 3.27. The zero-order valence-corrected chi connectivity index (χ0v) is 17.4. The number of aryl methyl sites for hydroxylation is 1. The SMILES string of the molecule is Cc1ccc(OCC(=O)N2CCN(CCn3ccnc3-c3ccccc3)CC2)cc1. The van der Waals surface area contributed by atoms with Crippen molar-refractivity contribution < 1.29 is 9.53 Å². The number of piperazine rings is 1. The van der Waals surface area contributed by atoms with Crippen LogP contribution in [0, 0.1) is 6.92 Å². The Morgan fingerprint density at radius 2 is 1.70 bits per heavy atom. The predicted molar refractivity (Wildman–Crippen MR) is 117 cm³/mol. The van der Waals surface area contributed by atoms with Crippen LogP contribution in [0.1, 0.15) is 5.56 Å². The molecule has 1 saturated heterocycles. The van der Waals surface area contributed by atoms with E-state index in [1.165, 1.54) is 5.56 Å². The minimum absolute atomic E-state index is 0.0520. The van der Waals surface area contributed by atoms with E-state index in [0.717, 1.165) is 56.4 Å². The van der Waals surface area contributed by atoms with Crippen LogP contribution in [0.5, 0.6) is 5.75 Å². The normalized spacial score (nSPS) is 14.6. The molecule has 4 rings (SSSR count). The number of carbonyl (C=O) groups excluding carboxylic acids is 1. The van der Waals surface area contributed by atoms with Gasteiger partial charge in [0.05, 0.1) is 0 Å². The van der Waals surface area contributed by atoms with Crippen molar-refractivity contribution in [1.29, 1.82) is 0 Å². The molecular weight excluding hydrogens is 376 g/mol. The van der Waals surface area contributed by atoms with Crippen molar-refractivity contribution in [2.45, 2.75) is 13.5 Å². The third-order valence-corrected chi connectivity index (χ3v) is 5.51. The molecule has 0 atom stereocenters. The lowest BCUT2D eigenvalue weighted by atomic mass is 10.2. The van der Waals surface area contributed by atoms with Crippen molar-refractivity contribution in [2.24, 2.45) is 0 Å². The number of aromatic nitrogens is 2. The maximum Gasteiger partial charge on any atom is 0.260 e. The first-order valence-corrected chi connectivity index (χ1v) is 10.5. The van der Waals surface area contributed by atoms with Crippen LogP contribution < -0.4 is 4.74 Å². The summed E-state index contributed by atoms with van der Waals surface area (Å²) in [5.74, 6) is 1.79. The fourth-order valence-electron chi connectivity index (χ4n) is 3.68. The van der Waals surface area contributed by atoms with Gasteiger partial charge in [-0.15, -0.1) is 0 Å². The highest BCUT2D eigenvalue weighted by Crippen LogP contribution is 2.17. The second kappa shape index (κ2) is 9.59. The van der Waals surface area contributed by atoms with E-state index in [2.05, 4.69) is 26.6 Å². The van der Waals surface area contributed by atoms with Crippen LogP contribution in [0.4, 0.5) is 0 Å². The zero-order chi connectivity index (χ0) is 20.8. The first-order valence-electron chi connectivity index (χ1n) is 10.5. The summed E-state index contributed by atoms with van der Waals surface area (Å²) in [6, 6.07) is 18.0. The van der Waals surface area contributed by atoms with Gasteiger partial charge < -0.3 is 14.2 Å². The summed E-state index contributed by atoms with van der Waals surface area (Å²) >= 11 is 0. The summed E-state index contributed by atoms with van der Waals surface area (Å²) in [5.41, 5.74) is 2.31. The molecule has 0 unspecified atom stereocenters. The average molecular weight is 405 g/mol. The molecule has 0 aliphatic carbocycles. The smallest absolute Gasteiger partial charge is 0.260 e. The van der Waals surface area contributed by atoms with Crippen molar-refractivity contribution in [2.75, 3.05) is 39.3 Å². The predicted octanol–water partition coefficient (Wildman–Crippen LogP) is 3.08. The highest BCUT2D eigenvalue weighted by atomic mass is 16.5. The maximum absolute atomic E-state index is 12.5. The largest absolute Gasteiger partial charge is 0.484 e. The summed E-state index contributed by atoms with van der Waals surface area (Å²) in [6.45, 7) is 7.20. The maximum atomic E-state index is 12.5. The van der Waals surface area contributed by atoms with E-state index in [-0.39, 0.29) is 12.5 Å². The van der Waals surface area contributed by atoms with Crippen molar-refractivity contribution in [3.05, 3.63) is 72.6 Å². The molecule has 30 heavy (non-hydrogen) atoms. The number of ether oxygens (including phenoxy) is 1. The van der Waals surface area contributed by atoms with E-state index in [1.54, 1.807) is 0 Å². The molecule has 2 aromatic carbocycles. The number of hydrogen-bond acceptors (Lipinski definition) is 4. The Balaban J connectivity index is 1.22. The standard InChI is InChI=1S/C24H28N4O2/c1-20-7-9-22(10-8-20)30-19-23(29)27-16-13-26(14-17-27)15-18-28-12-11-25-24(28)21-5-3-2-4-6-21/h2-12H,13-19H2,1H3. The van der Waals surface area contributed by atoms with Gasteiger partial charge >= 0.3 is 0 Å². The molecule has 0 bridgehead atoms. The quantitative estimate of drug-likeness (QED) is 0.607. The second-order valence-corrected chi connectivity index (χ2v) is 7.63. The van der Waals surface area contributed by atoms with Crippen LogP contribution in [-0.2, 0) is 11.3 Å². The monoisotopic (exact) mass is 404 g/mol. The van der Waals surface area contributed by atoms with Crippen LogP contribution in [0.3, 0.4) is 0 Å². The highest BCUT2D eigenvalue weighted by Gasteiger charge is 2.21. The van der Waals surface area contributed by atoms with Crippen LogP contribution >= 0.6 is 0 Å². The summed E-state index contributed by atoms with van der Waals surface area (Å²) in [5, 5.41) is 0. The Bertz CT molecular complexity index is 945. The minimum Gasteiger partial charge on any atom is -0.484 e. The third-order valence-electron chi connectivity index (χ3n) is 5.51. The molecule has 1 fully saturated rings. The van der Waals surface area contributed by atoms with E-state index in [4.69, 9.17) is 4.74 Å². The van der Waals surface area contributed by atoms with Crippen LogP contribution in [-0.4, -0.2) is 64.6 Å². The van der Waals surface area contributed by atoms with E-state index < -0.39 is 0 Å². The molecule has 1 amide bonds. The Kier molecular flexibility index (Phi) is 6.44. The molecule has 2 heterocycles. The lowest BCUT2D eigenvalue weighted by Gasteiger charge is -2.34. The molecule has 156 valence electrons. The molecule has 0 radical (unpaired) electrons. The highest BCUT2D eigenvalue weighted by molar-refractivity contribution is 5.77. The lowest BCUT2D eigenvalue weighted by Crippen LogP contribution is -2.50. The summed E-state index contributed by atoms with van der Waals surface area (Å²) < 4.78 is 7.84. The van der Waals surface area contributed by atoms with Gasteiger partial charge in [0.25, 0.3) is 5.91 Å². The molecule has 0 spiro atoms. The van der Waals surface area contributed by atoms with Gasteiger partial charge in [-0.1, -0.05) is 48.0 Å². The summed E-state index contributed by atoms with van der Waals surface area (Å²) in [7, 11) is 0. The van der Waals surface area contributed by atoms with Crippen molar-refractivity contribution in [3.63, 3.8) is 0 Å². The molecular formula is C24H28N4O2. The van der Waals surface area contributed by atoms with Gasteiger partial charge in [-0.05, 0) is 19.1 Å². The Labute approximate surface area is 177 Å². The molecule has 3 aromatic rings. The second-order valence-electron chi connectivity index (χ2n) is 7.63. The van der Waals surface area contributed by atoms with E-state index in [1.807, 2.05) is 66.7 Å².